The summed E-state index contributed by atoms with van der Waals surface area (Å²) in [6.07, 6.45) is 5.76. The Hall–Kier alpha value is -2.13. The number of nitrogen functional groups attached to an aromatic ring is 1. The molecule has 2 rings (SSSR count). The molecule has 1 atom stereocenters. The average molecular weight is 438 g/mol. The number of nitrogens with two attached hydrogens (primary N) is 1. The molecule has 1 unspecified atom stereocenters. The van der Waals surface area contributed by atoms with Gasteiger partial charge in [0.15, 0.2) is 5.69 Å². The number of methoxy groups -OCH3 is 1. The molecule has 1 aliphatic rings. The zero-order chi connectivity index (χ0) is 23.0. The topological polar surface area (TPSA) is 114 Å². The van der Waals surface area contributed by atoms with Crippen LogP contribution in [-0.2, 0) is 16.1 Å². The molecule has 0 radical (unpaired) electrons. The lowest BCUT2D eigenvalue weighted by atomic mass is 9.96. The van der Waals surface area contributed by atoms with Crippen LogP contribution in [0.15, 0.2) is 9.59 Å². The van der Waals surface area contributed by atoms with Crippen LogP contribution in [0.3, 0.4) is 0 Å². The van der Waals surface area contributed by atoms with Gasteiger partial charge < -0.3 is 15.4 Å². The maximum absolute atomic E-state index is 13.3. The molecule has 1 amide bonds. The molecule has 9 heteroatoms. The van der Waals surface area contributed by atoms with Gasteiger partial charge >= 0.3 is 5.69 Å². The number of nitrogens with one attached hydrogen (secondary N) is 1. The molecule has 3 N–H and O–H groups in total. The van der Waals surface area contributed by atoms with Crippen LogP contribution in [0.5, 0.6) is 0 Å². The van der Waals surface area contributed by atoms with E-state index in [2.05, 4.69) is 16.8 Å². The molecule has 0 bridgehead atoms. The molecule has 0 aromatic carbocycles. The van der Waals surface area contributed by atoms with Crippen molar-refractivity contribution in [1.82, 2.24) is 14.5 Å². The fraction of sp³-hybridized carbons (Fsp3) is 0.773. The number of hydrogen-bond donors (Lipinski definition) is 2. The standard InChI is InChI=1S/C22H39N5O4/c1-5-7-17-8-6-10-25(11-9-17)15-18(28)26(12-13-31-4)19-20(23)27(14-16(2)3)22(30)24-21(19)29/h16-17H,5-15,23H2,1-4H3,(H,24,29,30). The number of carbonyl (C=O) groups excluding carboxylic acids is 1. The molecular formula is C22H39N5O4. The van der Waals surface area contributed by atoms with Crippen LogP contribution in [-0.4, -0.2) is 60.3 Å². The molecule has 31 heavy (non-hydrogen) atoms. The highest BCUT2D eigenvalue weighted by Crippen LogP contribution is 2.23. The van der Waals surface area contributed by atoms with Gasteiger partial charge in [-0.2, -0.15) is 0 Å². The number of aromatic nitrogens is 2. The summed E-state index contributed by atoms with van der Waals surface area (Å²) < 4.78 is 6.49. The number of rotatable bonds is 10. The van der Waals surface area contributed by atoms with Crippen molar-refractivity contribution in [2.75, 3.05) is 50.5 Å². The van der Waals surface area contributed by atoms with E-state index < -0.39 is 11.2 Å². The van der Waals surface area contributed by atoms with Crippen LogP contribution in [0.4, 0.5) is 11.5 Å². The van der Waals surface area contributed by atoms with Crippen LogP contribution >= 0.6 is 0 Å². The number of aromatic amines is 1. The van der Waals surface area contributed by atoms with Gasteiger partial charge in [-0.1, -0.05) is 33.6 Å². The third-order valence-corrected chi connectivity index (χ3v) is 5.85. The Kier molecular flexibility index (Phi) is 9.77. The molecule has 1 fully saturated rings. The van der Waals surface area contributed by atoms with Gasteiger partial charge in [0, 0.05) is 20.2 Å². The fourth-order valence-electron chi connectivity index (χ4n) is 4.28. The van der Waals surface area contributed by atoms with E-state index in [9.17, 15) is 14.4 Å². The number of anilines is 2. The fourth-order valence-corrected chi connectivity index (χ4v) is 4.28. The second kappa shape index (κ2) is 12.0. The van der Waals surface area contributed by atoms with E-state index in [0.717, 1.165) is 25.9 Å². The summed E-state index contributed by atoms with van der Waals surface area (Å²) in [4.78, 5) is 44.1. The maximum Gasteiger partial charge on any atom is 0.330 e. The minimum atomic E-state index is -0.647. The number of nitrogens with zero attached hydrogens (tertiary/aromatic N) is 3. The Bertz CT molecular complexity index is 832. The van der Waals surface area contributed by atoms with Gasteiger partial charge in [0.1, 0.15) is 5.82 Å². The van der Waals surface area contributed by atoms with Crippen molar-refractivity contribution < 1.29 is 9.53 Å². The molecule has 9 nitrogen and oxygen atoms in total. The second-order valence-electron chi connectivity index (χ2n) is 8.90. The third-order valence-electron chi connectivity index (χ3n) is 5.85. The number of ether oxygens (including phenoxy) is 1. The largest absolute Gasteiger partial charge is 0.383 e. The van der Waals surface area contributed by atoms with Crippen LogP contribution in [0, 0.1) is 11.8 Å². The molecule has 1 saturated heterocycles. The van der Waals surface area contributed by atoms with E-state index in [1.165, 1.54) is 28.7 Å². The predicted octanol–water partition coefficient (Wildman–Crippen LogP) is 1.66. The first kappa shape index (κ1) is 25.1. The smallest absolute Gasteiger partial charge is 0.330 e. The van der Waals surface area contributed by atoms with E-state index in [1.807, 2.05) is 13.8 Å². The van der Waals surface area contributed by atoms with Gasteiger partial charge in [-0.3, -0.25) is 24.0 Å². The molecular weight excluding hydrogens is 398 g/mol. The number of likely N-dealkylation sites (tertiary alicyclic amines) is 1. The SMILES string of the molecule is CCCC1CCCN(CC(=O)N(CCOC)c2c(N)n(CC(C)C)c(=O)[nH]c2=O)CC1. The van der Waals surface area contributed by atoms with E-state index >= 15 is 0 Å². The highest BCUT2D eigenvalue weighted by atomic mass is 16.5. The maximum atomic E-state index is 13.3. The first-order valence-electron chi connectivity index (χ1n) is 11.4. The zero-order valence-corrected chi connectivity index (χ0v) is 19.5. The summed E-state index contributed by atoms with van der Waals surface area (Å²) in [7, 11) is 1.54. The number of amides is 1. The van der Waals surface area contributed by atoms with Crippen molar-refractivity contribution in [2.24, 2.45) is 11.8 Å². The Labute approximate surface area is 184 Å². The minimum absolute atomic E-state index is 0.0192. The molecule has 0 aliphatic carbocycles. The van der Waals surface area contributed by atoms with E-state index in [4.69, 9.17) is 10.5 Å². The van der Waals surface area contributed by atoms with Crippen LogP contribution < -0.4 is 21.9 Å². The Morgan fingerprint density at radius 1 is 1.29 bits per heavy atom. The Balaban J connectivity index is 2.28. The molecule has 176 valence electrons. The Morgan fingerprint density at radius 2 is 2.03 bits per heavy atom. The Morgan fingerprint density at radius 3 is 2.68 bits per heavy atom. The van der Waals surface area contributed by atoms with E-state index in [0.29, 0.717) is 12.5 Å². The summed E-state index contributed by atoms with van der Waals surface area (Å²) in [6.45, 7) is 8.86. The first-order valence-corrected chi connectivity index (χ1v) is 11.4. The van der Waals surface area contributed by atoms with Crippen molar-refractivity contribution in [3.8, 4) is 0 Å². The van der Waals surface area contributed by atoms with Crippen molar-refractivity contribution in [2.45, 2.75) is 59.4 Å². The van der Waals surface area contributed by atoms with Gasteiger partial charge in [-0.15, -0.1) is 0 Å². The van der Waals surface area contributed by atoms with Crippen LogP contribution in [0.25, 0.3) is 0 Å². The van der Waals surface area contributed by atoms with Gasteiger partial charge in [-0.25, -0.2) is 4.79 Å². The number of carbonyl (C=O) groups is 1. The summed E-state index contributed by atoms with van der Waals surface area (Å²) in [5.74, 6) is 0.673. The third kappa shape index (κ3) is 6.93. The second-order valence-corrected chi connectivity index (χ2v) is 8.90. The molecule has 0 spiro atoms. The monoisotopic (exact) mass is 437 g/mol. The van der Waals surface area contributed by atoms with Crippen molar-refractivity contribution >= 4 is 17.4 Å². The van der Waals surface area contributed by atoms with Gasteiger partial charge in [0.25, 0.3) is 5.56 Å². The van der Waals surface area contributed by atoms with Gasteiger partial charge in [0.05, 0.1) is 13.2 Å². The van der Waals surface area contributed by atoms with E-state index in [1.54, 1.807) is 7.11 Å². The first-order chi connectivity index (χ1) is 14.8. The van der Waals surface area contributed by atoms with Gasteiger partial charge in [-0.05, 0) is 44.2 Å². The lowest BCUT2D eigenvalue weighted by molar-refractivity contribution is -0.119. The summed E-state index contributed by atoms with van der Waals surface area (Å²) in [6, 6.07) is 0. The number of hydrogen-bond acceptors (Lipinski definition) is 6. The molecule has 1 aromatic rings. The lowest BCUT2D eigenvalue weighted by Gasteiger charge is -2.27. The molecule has 2 heterocycles. The van der Waals surface area contributed by atoms with Crippen molar-refractivity contribution in [1.29, 1.82) is 0 Å². The highest BCUT2D eigenvalue weighted by Gasteiger charge is 2.26. The molecule has 0 saturated carbocycles. The molecule has 1 aromatic heterocycles. The lowest BCUT2D eigenvalue weighted by Crippen LogP contribution is -2.46. The van der Waals surface area contributed by atoms with Gasteiger partial charge in [0.2, 0.25) is 5.91 Å². The highest BCUT2D eigenvalue weighted by molar-refractivity contribution is 5.96. The number of H-pyrrole nitrogens is 1. The van der Waals surface area contributed by atoms with Crippen LogP contribution in [0.2, 0.25) is 0 Å². The molecule has 1 aliphatic heterocycles. The van der Waals surface area contributed by atoms with Crippen LogP contribution in [0.1, 0.15) is 52.9 Å². The average Bonchev–Trinajstić information content (AvgIpc) is 2.92. The summed E-state index contributed by atoms with van der Waals surface area (Å²) >= 11 is 0. The summed E-state index contributed by atoms with van der Waals surface area (Å²) in [5.41, 5.74) is 5.07. The van der Waals surface area contributed by atoms with Crippen molar-refractivity contribution in [3.05, 3.63) is 20.8 Å². The van der Waals surface area contributed by atoms with Crippen molar-refractivity contribution in [3.63, 3.8) is 0 Å². The van der Waals surface area contributed by atoms with E-state index in [-0.39, 0.29) is 43.0 Å². The summed E-state index contributed by atoms with van der Waals surface area (Å²) in [5, 5.41) is 0. The quantitative estimate of drug-likeness (QED) is 0.575. The normalized spacial score (nSPS) is 17.6. The predicted molar refractivity (Wildman–Crippen MR) is 123 cm³/mol. The minimum Gasteiger partial charge on any atom is -0.383 e. The zero-order valence-electron chi connectivity index (χ0n) is 19.5.